The van der Waals surface area contributed by atoms with Crippen LogP contribution in [0.1, 0.15) is 10.4 Å². The monoisotopic (exact) mass is 278 g/mol. The molecule has 2 aromatic heterocycles. The normalized spacial score (nSPS) is 10.2. The molecule has 0 bridgehead atoms. The third-order valence-corrected chi connectivity index (χ3v) is 3.00. The minimum Gasteiger partial charge on any atom is -0.475 e. The molecule has 0 saturated heterocycles. The van der Waals surface area contributed by atoms with Gasteiger partial charge in [0.25, 0.3) is 5.91 Å². The van der Waals surface area contributed by atoms with Gasteiger partial charge in [-0.15, -0.1) is 0 Å². The SMILES string of the molecule is COCCOc1ccc(NC(=O)c2ccsc2)cn1. The molecule has 100 valence electrons. The van der Waals surface area contributed by atoms with E-state index in [1.54, 1.807) is 36.9 Å². The molecular formula is C13H14N2O3S. The number of nitrogens with one attached hydrogen (secondary N) is 1. The van der Waals surface area contributed by atoms with Crippen molar-refractivity contribution >= 4 is 22.9 Å². The van der Waals surface area contributed by atoms with Crippen LogP contribution in [0.25, 0.3) is 0 Å². The summed E-state index contributed by atoms with van der Waals surface area (Å²) in [6.07, 6.45) is 1.56. The zero-order chi connectivity index (χ0) is 13.5. The molecular weight excluding hydrogens is 264 g/mol. The zero-order valence-corrected chi connectivity index (χ0v) is 11.3. The summed E-state index contributed by atoms with van der Waals surface area (Å²) >= 11 is 1.48. The van der Waals surface area contributed by atoms with Crippen LogP contribution in [-0.4, -0.2) is 31.2 Å². The molecule has 0 spiro atoms. The maximum atomic E-state index is 11.8. The Labute approximate surface area is 115 Å². The Morgan fingerprint density at radius 3 is 2.89 bits per heavy atom. The van der Waals surface area contributed by atoms with Gasteiger partial charge in [-0.3, -0.25) is 4.79 Å². The Morgan fingerprint density at radius 2 is 2.26 bits per heavy atom. The maximum absolute atomic E-state index is 11.8. The number of amides is 1. The van der Waals surface area contributed by atoms with Gasteiger partial charge in [-0.05, 0) is 17.5 Å². The van der Waals surface area contributed by atoms with E-state index in [2.05, 4.69) is 10.3 Å². The van der Waals surface area contributed by atoms with Crippen LogP contribution >= 0.6 is 11.3 Å². The van der Waals surface area contributed by atoms with E-state index in [0.717, 1.165) is 0 Å². The summed E-state index contributed by atoms with van der Waals surface area (Å²) in [4.78, 5) is 15.9. The van der Waals surface area contributed by atoms with Gasteiger partial charge in [0.05, 0.1) is 24.1 Å². The first-order valence-corrected chi connectivity index (χ1v) is 6.65. The first-order chi connectivity index (χ1) is 9.29. The van der Waals surface area contributed by atoms with E-state index < -0.39 is 0 Å². The molecule has 2 aromatic rings. The number of pyridine rings is 1. The smallest absolute Gasteiger partial charge is 0.256 e. The molecule has 0 atom stereocenters. The molecule has 6 heteroatoms. The van der Waals surface area contributed by atoms with Crippen LogP contribution in [0, 0.1) is 0 Å². The van der Waals surface area contributed by atoms with E-state index in [1.165, 1.54) is 11.3 Å². The van der Waals surface area contributed by atoms with Crippen molar-refractivity contribution < 1.29 is 14.3 Å². The van der Waals surface area contributed by atoms with Crippen LogP contribution in [0.3, 0.4) is 0 Å². The lowest BCUT2D eigenvalue weighted by Gasteiger charge is -2.06. The average Bonchev–Trinajstić information content (AvgIpc) is 2.95. The fraction of sp³-hybridized carbons (Fsp3) is 0.231. The second kappa shape index (κ2) is 6.86. The Morgan fingerprint density at radius 1 is 1.37 bits per heavy atom. The number of methoxy groups -OCH3 is 1. The summed E-state index contributed by atoms with van der Waals surface area (Å²) in [5.41, 5.74) is 1.28. The molecule has 0 aliphatic carbocycles. The molecule has 5 nitrogen and oxygen atoms in total. The number of nitrogens with zero attached hydrogens (tertiary/aromatic N) is 1. The Balaban J connectivity index is 1.90. The van der Waals surface area contributed by atoms with E-state index in [1.807, 2.05) is 5.38 Å². The molecule has 2 rings (SSSR count). The van der Waals surface area contributed by atoms with Gasteiger partial charge in [-0.1, -0.05) is 0 Å². The highest BCUT2D eigenvalue weighted by Crippen LogP contribution is 2.14. The molecule has 0 radical (unpaired) electrons. The molecule has 0 unspecified atom stereocenters. The Hall–Kier alpha value is -1.92. The molecule has 0 aliphatic rings. The second-order valence-corrected chi connectivity index (χ2v) is 4.47. The van der Waals surface area contributed by atoms with Crippen LogP contribution in [0.15, 0.2) is 35.2 Å². The lowest BCUT2D eigenvalue weighted by molar-refractivity contribution is 0.102. The number of anilines is 1. The van der Waals surface area contributed by atoms with Crippen LogP contribution in [-0.2, 0) is 4.74 Å². The van der Waals surface area contributed by atoms with Gasteiger partial charge >= 0.3 is 0 Å². The lowest BCUT2D eigenvalue weighted by Crippen LogP contribution is -2.11. The van der Waals surface area contributed by atoms with Crippen molar-refractivity contribution in [3.05, 3.63) is 40.7 Å². The molecule has 1 N–H and O–H groups in total. The maximum Gasteiger partial charge on any atom is 0.256 e. The summed E-state index contributed by atoms with van der Waals surface area (Å²) in [6, 6.07) is 5.23. The largest absolute Gasteiger partial charge is 0.475 e. The fourth-order valence-electron chi connectivity index (χ4n) is 1.37. The van der Waals surface area contributed by atoms with Gasteiger partial charge in [0.2, 0.25) is 5.88 Å². The van der Waals surface area contributed by atoms with Crippen LogP contribution in [0.4, 0.5) is 5.69 Å². The molecule has 0 saturated carbocycles. The molecule has 19 heavy (non-hydrogen) atoms. The number of carbonyl (C=O) groups excluding carboxylic acids is 1. The zero-order valence-electron chi connectivity index (χ0n) is 10.5. The molecule has 0 aromatic carbocycles. The predicted octanol–water partition coefficient (Wildman–Crippen LogP) is 2.42. The number of ether oxygens (including phenoxy) is 2. The minimum atomic E-state index is -0.142. The number of carbonyl (C=O) groups is 1. The summed E-state index contributed by atoms with van der Waals surface area (Å²) in [5, 5.41) is 6.42. The number of aromatic nitrogens is 1. The van der Waals surface area contributed by atoms with E-state index in [-0.39, 0.29) is 5.91 Å². The van der Waals surface area contributed by atoms with Gasteiger partial charge in [-0.25, -0.2) is 4.98 Å². The minimum absolute atomic E-state index is 0.142. The number of rotatable bonds is 6. The van der Waals surface area contributed by atoms with E-state index in [4.69, 9.17) is 9.47 Å². The summed E-state index contributed by atoms with van der Waals surface area (Å²) in [7, 11) is 1.61. The van der Waals surface area contributed by atoms with Gasteiger partial charge in [-0.2, -0.15) is 11.3 Å². The van der Waals surface area contributed by atoms with Gasteiger partial charge in [0, 0.05) is 18.6 Å². The van der Waals surface area contributed by atoms with E-state index in [9.17, 15) is 4.79 Å². The first kappa shape index (κ1) is 13.5. The molecule has 0 aliphatic heterocycles. The third kappa shape index (κ3) is 4.04. The summed E-state index contributed by atoms with van der Waals surface area (Å²) in [6.45, 7) is 0.961. The molecule has 0 fully saturated rings. The molecule has 1 amide bonds. The van der Waals surface area contributed by atoms with Gasteiger partial charge < -0.3 is 14.8 Å². The molecule has 2 heterocycles. The van der Waals surface area contributed by atoms with Crippen molar-refractivity contribution in [2.45, 2.75) is 0 Å². The van der Waals surface area contributed by atoms with Crippen LogP contribution in [0.2, 0.25) is 0 Å². The summed E-state index contributed by atoms with van der Waals surface area (Å²) < 4.78 is 10.2. The quantitative estimate of drug-likeness (QED) is 0.824. The Kier molecular flexibility index (Phi) is 4.88. The first-order valence-electron chi connectivity index (χ1n) is 5.71. The second-order valence-electron chi connectivity index (χ2n) is 3.69. The van der Waals surface area contributed by atoms with Crippen molar-refractivity contribution in [1.82, 2.24) is 4.98 Å². The number of thiophene rings is 1. The van der Waals surface area contributed by atoms with Crippen LogP contribution in [0.5, 0.6) is 5.88 Å². The van der Waals surface area contributed by atoms with Crippen molar-refractivity contribution in [2.75, 3.05) is 25.6 Å². The van der Waals surface area contributed by atoms with E-state index >= 15 is 0 Å². The third-order valence-electron chi connectivity index (χ3n) is 2.31. The highest BCUT2D eigenvalue weighted by molar-refractivity contribution is 7.08. The number of hydrogen-bond acceptors (Lipinski definition) is 5. The predicted molar refractivity (Wildman–Crippen MR) is 73.9 cm³/mol. The Bertz CT molecular complexity index is 511. The lowest BCUT2D eigenvalue weighted by atomic mass is 10.3. The fourth-order valence-corrected chi connectivity index (χ4v) is 2.00. The van der Waals surface area contributed by atoms with Crippen molar-refractivity contribution in [1.29, 1.82) is 0 Å². The number of hydrogen-bond donors (Lipinski definition) is 1. The van der Waals surface area contributed by atoms with E-state index in [0.29, 0.717) is 30.3 Å². The van der Waals surface area contributed by atoms with Crippen LogP contribution < -0.4 is 10.1 Å². The van der Waals surface area contributed by atoms with Crippen molar-refractivity contribution in [3.8, 4) is 5.88 Å². The average molecular weight is 278 g/mol. The highest BCUT2D eigenvalue weighted by atomic mass is 32.1. The van der Waals surface area contributed by atoms with Crippen molar-refractivity contribution in [3.63, 3.8) is 0 Å². The topological polar surface area (TPSA) is 60.5 Å². The summed E-state index contributed by atoms with van der Waals surface area (Å²) in [5.74, 6) is 0.363. The van der Waals surface area contributed by atoms with Gasteiger partial charge in [0.1, 0.15) is 6.61 Å². The van der Waals surface area contributed by atoms with Gasteiger partial charge in [0.15, 0.2) is 0 Å². The highest BCUT2D eigenvalue weighted by Gasteiger charge is 2.06. The van der Waals surface area contributed by atoms with Crippen molar-refractivity contribution in [2.24, 2.45) is 0 Å². The standard InChI is InChI=1S/C13H14N2O3S/c1-17-5-6-18-12-3-2-11(8-14-12)15-13(16)10-4-7-19-9-10/h2-4,7-9H,5-6H2,1H3,(H,15,16).